The molecule has 2 saturated heterocycles. The Bertz CT molecular complexity index is 2170. The molecule has 0 N–H and O–H groups in total. The van der Waals surface area contributed by atoms with E-state index in [1.165, 1.54) is 0 Å². The van der Waals surface area contributed by atoms with Gasteiger partial charge in [-0.1, -0.05) is 182 Å². The van der Waals surface area contributed by atoms with Gasteiger partial charge in [0.2, 0.25) is 0 Å². The molecule has 0 aliphatic carbocycles. The first-order valence-corrected chi connectivity index (χ1v) is 22.0. The lowest BCUT2D eigenvalue weighted by Gasteiger charge is -2.45. The van der Waals surface area contributed by atoms with Crippen molar-refractivity contribution in [3.8, 4) is 0 Å². The van der Waals surface area contributed by atoms with Gasteiger partial charge in [-0.15, -0.1) is 0 Å². The van der Waals surface area contributed by atoms with Gasteiger partial charge in [0.25, 0.3) is 0 Å². The number of methoxy groups -OCH3 is 1. The molecule has 6 aromatic carbocycles. The summed E-state index contributed by atoms with van der Waals surface area (Å²) in [6.45, 7) is 2.33. The molecule has 2 fully saturated rings. The average Bonchev–Trinajstić information content (AvgIpc) is 3.69. The molecule has 0 saturated carbocycles. The fourth-order valence-electron chi connectivity index (χ4n) is 8.00. The highest BCUT2D eigenvalue weighted by Gasteiger charge is 2.51. The molecule has 0 radical (unpaired) electrons. The van der Waals surface area contributed by atoms with Crippen LogP contribution in [0.1, 0.15) is 33.4 Å². The van der Waals surface area contributed by atoms with Crippen LogP contribution >= 0.6 is 0 Å². The lowest BCUT2D eigenvalue weighted by atomic mass is 9.97. The molecule has 10 heteroatoms. The first kappa shape index (κ1) is 45.5. The third kappa shape index (κ3) is 13.0. The van der Waals surface area contributed by atoms with Crippen molar-refractivity contribution in [2.75, 3.05) is 20.3 Å². The first-order chi connectivity index (χ1) is 31.7. The molecule has 9 atom stereocenters. The lowest BCUT2D eigenvalue weighted by Crippen LogP contribution is -2.61. The fraction of sp³-hybridized carbons (Fsp3) is 0.333. The van der Waals surface area contributed by atoms with Crippen LogP contribution in [0.4, 0.5) is 0 Å². The Labute approximate surface area is 376 Å². The van der Waals surface area contributed by atoms with Crippen molar-refractivity contribution in [3.05, 3.63) is 215 Å². The Morgan fingerprint density at radius 3 is 1.00 bits per heavy atom. The number of ether oxygens (including phenoxy) is 10. The molecule has 0 unspecified atom stereocenters. The molecule has 8 rings (SSSR count). The molecule has 0 amide bonds. The van der Waals surface area contributed by atoms with Gasteiger partial charge in [-0.3, -0.25) is 0 Å². The summed E-state index contributed by atoms with van der Waals surface area (Å²) in [6, 6.07) is 60.3. The maximum atomic E-state index is 6.85. The van der Waals surface area contributed by atoms with Gasteiger partial charge in [0.15, 0.2) is 12.6 Å². The molecule has 64 heavy (non-hydrogen) atoms. The highest BCUT2D eigenvalue weighted by molar-refractivity contribution is 5.18. The van der Waals surface area contributed by atoms with Crippen molar-refractivity contribution in [3.63, 3.8) is 0 Å². The van der Waals surface area contributed by atoms with E-state index in [2.05, 4.69) is 0 Å². The van der Waals surface area contributed by atoms with Gasteiger partial charge < -0.3 is 47.4 Å². The molecule has 334 valence electrons. The fourth-order valence-corrected chi connectivity index (χ4v) is 8.00. The highest BCUT2D eigenvalue weighted by Crippen LogP contribution is 2.34. The minimum absolute atomic E-state index is 0.0504. The molecular weight excluding hydrogens is 809 g/mol. The molecule has 0 bridgehead atoms. The van der Waals surface area contributed by atoms with E-state index in [0.717, 1.165) is 33.4 Å². The van der Waals surface area contributed by atoms with Crippen molar-refractivity contribution in [1.82, 2.24) is 0 Å². The van der Waals surface area contributed by atoms with Gasteiger partial charge in [-0.05, 0) is 33.4 Å². The predicted molar refractivity (Wildman–Crippen MR) is 241 cm³/mol. The third-order valence-electron chi connectivity index (χ3n) is 11.3. The number of benzene rings is 6. The van der Waals surface area contributed by atoms with E-state index < -0.39 is 55.3 Å². The Morgan fingerprint density at radius 1 is 0.312 bits per heavy atom. The minimum atomic E-state index is -0.857. The van der Waals surface area contributed by atoms with Gasteiger partial charge in [0.05, 0.1) is 52.9 Å². The topological polar surface area (TPSA) is 92.3 Å². The predicted octanol–water partition coefficient (Wildman–Crippen LogP) is 9.24. The molecule has 0 spiro atoms. The summed E-state index contributed by atoms with van der Waals surface area (Å²) in [5, 5.41) is 0. The zero-order chi connectivity index (χ0) is 43.6. The van der Waals surface area contributed by atoms with E-state index in [1.54, 1.807) is 7.11 Å². The van der Waals surface area contributed by atoms with Crippen LogP contribution in [-0.2, 0) is 87.0 Å². The summed E-state index contributed by atoms with van der Waals surface area (Å²) >= 11 is 0. The zero-order valence-electron chi connectivity index (χ0n) is 36.3. The van der Waals surface area contributed by atoms with E-state index in [1.807, 2.05) is 182 Å². The standard InChI is InChI=1S/C54H58O10/c1-55-53-52(61-37-45-30-18-7-19-31-45)50(59-35-43-26-14-5-15-27-43)48(57-33-41-22-10-3-11-23-41)47(63-53)39-62-54-51(60-36-44-28-16-6-17-29-44)49(58-34-42-24-12-4-13-25-42)46(64-54)38-56-32-40-20-8-2-9-21-40/h2-31,46-54H,32-39H2,1H3/t46-,47-,48-,49-,50+,51+,52-,53+,54-/m1/s1. The summed E-state index contributed by atoms with van der Waals surface area (Å²) < 4.78 is 66.6. The minimum Gasteiger partial charge on any atom is -0.374 e. The van der Waals surface area contributed by atoms with Crippen molar-refractivity contribution < 1.29 is 47.4 Å². The zero-order valence-corrected chi connectivity index (χ0v) is 36.3. The number of rotatable bonds is 23. The smallest absolute Gasteiger partial charge is 0.187 e. The maximum Gasteiger partial charge on any atom is 0.187 e. The third-order valence-corrected chi connectivity index (χ3v) is 11.3. The second-order valence-corrected chi connectivity index (χ2v) is 16.0. The summed E-state index contributed by atoms with van der Waals surface area (Å²) in [4.78, 5) is 0. The normalized spacial score (nSPS) is 24.4. The summed E-state index contributed by atoms with van der Waals surface area (Å²) in [6.07, 6.45) is -5.97. The Balaban J connectivity index is 1.06. The SMILES string of the molecule is CO[C@H]1O[C@H](CO[C@@H]2O[C@H](COCc3ccccc3)[C@@H](OCc3ccccc3)[C@@H]2OCc2ccccc2)[C@@H](OCc2ccccc2)[C@H](OCc2ccccc2)[C@H]1OCc1ccccc1. The van der Waals surface area contributed by atoms with Crippen molar-refractivity contribution in [2.24, 2.45) is 0 Å². The van der Waals surface area contributed by atoms with Crippen molar-refractivity contribution in [1.29, 1.82) is 0 Å². The quantitative estimate of drug-likeness (QED) is 0.0621. The van der Waals surface area contributed by atoms with E-state index in [0.29, 0.717) is 39.6 Å². The van der Waals surface area contributed by atoms with E-state index >= 15 is 0 Å². The second kappa shape index (κ2) is 24.3. The summed E-state index contributed by atoms with van der Waals surface area (Å²) in [7, 11) is 1.61. The lowest BCUT2D eigenvalue weighted by molar-refractivity contribution is -0.328. The van der Waals surface area contributed by atoms with Crippen molar-refractivity contribution >= 4 is 0 Å². The van der Waals surface area contributed by atoms with Crippen LogP contribution in [0.3, 0.4) is 0 Å². The van der Waals surface area contributed by atoms with Crippen LogP contribution in [0.15, 0.2) is 182 Å². The monoisotopic (exact) mass is 866 g/mol. The molecule has 2 heterocycles. The van der Waals surface area contributed by atoms with Gasteiger partial charge >= 0.3 is 0 Å². The van der Waals surface area contributed by atoms with Crippen LogP contribution in [0.25, 0.3) is 0 Å². The highest BCUT2D eigenvalue weighted by atomic mass is 16.8. The van der Waals surface area contributed by atoms with Crippen LogP contribution in [0.2, 0.25) is 0 Å². The first-order valence-electron chi connectivity index (χ1n) is 22.0. The number of hydrogen-bond donors (Lipinski definition) is 0. The second-order valence-electron chi connectivity index (χ2n) is 16.0. The molecule has 6 aromatic rings. The molecular formula is C54H58O10. The van der Waals surface area contributed by atoms with Gasteiger partial charge in [-0.25, -0.2) is 0 Å². The Kier molecular flexibility index (Phi) is 17.3. The van der Waals surface area contributed by atoms with E-state index in [9.17, 15) is 0 Å². The van der Waals surface area contributed by atoms with Gasteiger partial charge in [-0.2, -0.15) is 0 Å². The Hall–Kier alpha value is -5.08. The summed E-state index contributed by atoms with van der Waals surface area (Å²) in [5.74, 6) is 0. The van der Waals surface area contributed by atoms with Crippen LogP contribution in [0, 0.1) is 0 Å². The van der Waals surface area contributed by atoms with Crippen LogP contribution in [-0.4, -0.2) is 75.6 Å². The largest absolute Gasteiger partial charge is 0.374 e. The van der Waals surface area contributed by atoms with Crippen LogP contribution < -0.4 is 0 Å². The van der Waals surface area contributed by atoms with E-state index in [-0.39, 0.29) is 13.2 Å². The van der Waals surface area contributed by atoms with Crippen LogP contribution in [0.5, 0.6) is 0 Å². The van der Waals surface area contributed by atoms with E-state index in [4.69, 9.17) is 47.4 Å². The van der Waals surface area contributed by atoms with Crippen molar-refractivity contribution in [2.45, 2.75) is 94.9 Å². The Morgan fingerprint density at radius 2 is 0.609 bits per heavy atom. The maximum absolute atomic E-state index is 6.85. The van der Waals surface area contributed by atoms with Gasteiger partial charge in [0.1, 0.15) is 42.7 Å². The molecule has 0 aromatic heterocycles. The molecule has 2 aliphatic rings. The number of hydrogen-bond acceptors (Lipinski definition) is 10. The molecule has 10 nitrogen and oxygen atoms in total. The summed E-state index contributed by atoms with van der Waals surface area (Å²) in [5.41, 5.74) is 6.13. The van der Waals surface area contributed by atoms with Gasteiger partial charge in [0, 0.05) is 7.11 Å². The molecule has 2 aliphatic heterocycles. The average molecular weight is 867 g/mol.